The number of thiazole rings is 2. The van der Waals surface area contributed by atoms with Gasteiger partial charge in [0, 0.05) is 30.0 Å². The predicted octanol–water partition coefficient (Wildman–Crippen LogP) is 6.79. The van der Waals surface area contributed by atoms with Crippen molar-refractivity contribution in [3.63, 3.8) is 0 Å². The van der Waals surface area contributed by atoms with Crippen molar-refractivity contribution in [1.29, 1.82) is 0 Å². The molecular formula is C29H31N5O5S3. The molecule has 3 aromatic heterocycles. The van der Waals surface area contributed by atoms with E-state index in [-0.39, 0.29) is 17.9 Å². The zero-order valence-electron chi connectivity index (χ0n) is 23.6. The summed E-state index contributed by atoms with van der Waals surface area (Å²) in [5, 5.41) is 15.0. The van der Waals surface area contributed by atoms with E-state index in [9.17, 15) is 14.4 Å². The molecular weight excluding hydrogens is 595 g/mol. The molecule has 1 aliphatic heterocycles. The summed E-state index contributed by atoms with van der Waals surface area (Å²) in [5.74, 6) is -0.757. The number of ether oxygens (including phenoxy) is 1. The first kappa shape index (κ1) is 29.8. The smallest absolute Gasteiger partial charge is 0.410 e. The Kier molecular flexibility index (Phi) is 8.73. The van der Waals surface area contributed by atoms with Gasteiger partial charge in [-0.15, -0.1) is 34.0 Å². The molecule has 220 valence electrons. The molecule has 0 bridgehead atoms. The minimum atomic E-state index is -0.580. The van der Waals surface area contributed by atoms with E-state index in [1.54, 1.807) is 16.4 Å². The molecule has 5 rings (SSSR count). The van der Waals surface area contributed by atoms with E-state index < -0.39 is 11.5 Å². The van der Waals surface area contributed by atoms with Gasteiger partial charge in [0.25, 0.3) is 11.8 Å². The van der Waals surface area contributed by atoms with Crippen molar-refractivity contribution in [2.24, 2.45) is 0 Å². The van der Waals surface area contributed by atoms with Crippen LogP contribution in [0, 0.1) is 6.92 Å². The van der Waals surface area contributed by atoms with Crippen LogP contribution in [0.5, 0.6) is 0 Å². The van der Waals surface area contributed by atoms with Crippen molar-refractivity contribution < 1.29 is 24.3 Å². The second-order valence-corrected chi connectivity index (χ2v) is 13.8. The second-order valence-electron chi connectivity index (χ2n) is 10.9. The van der Waals surface area contributed by atoms with Crippen molar-refractivity contribution in [2.45, 2.75) is 52.1 Å². The first-order chi connectivity index (χ1) is 20.0. The number of hydroxylamine groups is 1. The number of carbonyl (C=O) groups excluding carboxylic acids is 3. The van der Waals surface area contributed by atoms with Crippen LogP contribution in [0.1, 0.15) is 69.4 Å². The highest BCUT2D eigenvalue weighted by Crippen LogP contribution is 2.38. The maximum atomic E-state index is 13.6. The standard InChI is InChI=1S/C29H31N5O5S3/c1-16-14-20(24(35)33-38)41-22(16)19-15-40-27(30-19)32-25(36)23-21(17-8-6-5-7-9-17)31-26(42-23)18-10-12-34(13-11-18)28(37)39-29(2,3)4/h5-9,14-15,18,38H,10-13H2,1-4H3,(H,33,35)(H,30,32,36). The molecule has 3 N–H and O–H groups in total. The molecule has 0 saturated carbocycles. The Hall–Kier alpha value is -3.65. The third-order valence-electron chi connectivity index (χ3n) is 6.59. The topological polar surface area (TPSA) is 134 Å². The number of thiophene rings is 1. The van der Waals surface area contributed by atoms with Crippen LogP contribution in [-0.4, -0.2) is 56.7 Å². The number of hydrogen-bond acceptors (Lipinski definition) is 10. The van der Waals surface area contributed by atoms with Gasteiger partial charge in [-0.05, 0) is 52.2 Å². The van der Waals surface area contributed by atoms with E-state index in [0.29, 0.717) is 39.4 Å². The molecule has 1 saturated heterocycles. The summed E-state index contributed by atoms with van der Waals surface area (Å²) in [7, 11) is 0. The molecule has 1 aromatic carbocycles. The molecule has 0 unspecified atom stereocenters. The highest BCUT2D eigenvalue weighted by atomic mass is 32.1. The lowest BCUT2D eigenvalue weighted by Crippen LogP contribution is -2.41. The molecule has 13 heteroatoms. The maximum Gasteiger partial charge on any atom is 0.410 e. The number of anilines is 1. The first-order valence-electron chi connectivity index (χ1n) is 13.4. The monoisotopic (exact) mass is 625 g/mol. The number of likely N-dealkylation sites (tertiary alicyclic amines) is 1. The molecule has 0 radical (unpaired) electrons. The number of nitrogens with zero attached hydrogens (tertiary/aromatic N) is 3. The molecule has 10 nitrogen and oxygen atoms in total. The zero-order valence-corrected chi connectivity index (χ0v) is 26.0. The highest BCUT2D eigenvalue weighted by Gasteiger charge is 2.31. The molecule has 42 heavy (non-hydrogen) atoms. The molecule has 4 aromatic rings. The van der Waals surface area contributed by atoms with Crippen LogP contribution in [0.25, 0.3) is 21.8 Å². The van der Waals surface area contributed by atoms with E-state index >= 15 is 0 Å². The zero-order chi connectivity index (χ0) is 30.0. The Labute approximate surface area is 255 Å². The van der Waals surface area contributed by atoms with Gasteiger partial charge in [0.15, 0.2) is 5.13 Å². The number of amides is 3. The predicted molar refractivity (Wildman–Crippen MR) is 165 cm³/mol. The van der Waals surface area contributed by atoms with Gasteiger partial charge in [-0.2, -0.15) is 0 Å². The van der Waals surface area contributed by atoms with Crippen molar-refractivity contribution >= 4 is 57.0 Å². The minimum absolute atomic E-state index is 0.122. The Morgan fingerprint density at radius 1 is 1.05 bits per heavy atom. The summed E-state index contributed by atoms with van der Waals surface area (Å²) in [4.78, 5) is 50.9. The van der Waals surface area contributed by atoms with E-state index in [0.717, 1.165) is 33.9 Å². The number of hydrogen-bond donors (Lipinski definition) is 3. The van der Waals surface area contributed by atoms with Gasteiger partial charge in [0.2, 0.25) is 0 Å². The Balaban J connectivity index is 1.34. The number of rotatable bonds is 6. The molecule has 0 atom stereocenters. The fraction of sp³-hybridized carbons (Fsp3) is 0.345. The SMILES string of the molecule is Cc1cc(C(=O)NO)sc1-c1csc(NC(=O)c2sc(C3CCN(C(=O)OC(C)(C)C)CC3)nc2-c2ccccc2)n1. The number of aromatic nitrogens is 2. The molecule has 0 aliphatic carbocycles. The average Bonchev–Trinajstić information content (AvgIpc) is 3.71. The van der Waals surface area contributed by atoms with Crippen molar-refractivity contribution in [2.75, 3.05) is 18.4 Å². The van der Waals surface area contributed by atoms with Crippen molar-refractivity contribution in [1.82, 2.24) is 20.3 Å². The summed E-state index contributed by atoms with van der Waals surface area (Å²) in [6, 6.07) is 11.3. The van der Waals surface area contributed by atoms with Crippen molar-refractivity contribution in [3.8, 4) is 21.8 Å². The lowest BCUT2D eigenvalue weighted by molar-refractivity contribution is 0.0204. The molecule has 3 amide bonds. The van der Waals surface area contributed by atoms with Gasteiger partial charge in [-0.25, -0.2) is 20.2 Å². The maximum absolute atomic E-state index is 13.6. The summed E-state index contributed by atoms with van der Waals surface area (Å²) < 4.78 is 5.53. The third kappa shape index (κ3) is 6.70. The Bertz CT molecular complexity index is 1600. The van der Waals surface area contributed by atoms with E-state index in [2.05, 4.69) is 10.3 Å². The normalized spacial score (nSPS) is 14.1. The second kappa shape index (κ2) is 12.3. The fourth-order valence-electron chi connectivity index (χ4n) is 4.59. The lowest BCUT2D eigenvalue weighted by atomic mass is 9.98. The van der Waals surface area contributed by atoms with Gasteiger partial charge in [-0.3, -0.25) is 20.1 Å². The average molecular weight is 626 g/mol. The van der Waals surface area contributed by atoms with Crippen LogP contribution in [-0.2, 0) is 4.74 Å². The van der Waals surface area contributed by atoms with Crippen LogP contribution in [0.2, 0.25) is 0 Å². The quantitative estimate of drug-likeness (QED) is 0.159. The summed E-state index contributed by atoms with van der Waals surface area (Å²) >= 11 is 3.88. The molecule has 1 fully saturated rings. The lowest BCUT2D eigenvalue weighted by Gasteiger charge is -2.32. The molecule has 0 spiro atoms. The van der Waals surface area contributed by atoms with Gasteiger partial charge >= 0.3 is 6.09 Å². The van der Waals surface area contributed by atoms with E-state index in [4.69, 9.17) is 14.9 Å². The summed E-state index contributed by atoms with van der Waals surface area (Å²) in [6.45, 7) is 8.56. The molecule has 4 heterocycles. The Morgan fingerprint density at radius 3 is 2.43 bits per heavy atom. The van der Waals surface area contributed by atoms with Crippen LogP contribution in [0.3, 0.4) is 0 Å². The minimum Gasteiger partial charge on any atom is -0.444 e. The van der Waals surface area contributed by atoms with Crippen LogP contribution >= 0.6 is 34.0 Å². The largest absolute Gasteiger partial charge is 0.444 e. The van der Waals surface area contributed by atoms with Gasteiger partial charge in [-0.1, -0.05) is 30.3 Å². The number of piperidine rings is 1. The van der Waals surface area contributed by atoms with Gasteiger partial charge < -0.3 is 9.64 Å². The molecule has 1 aliphatic rings. The van der Waals surface area contributed by atoms with E-state index in [1.165, 1.54) is 34.0 Å². The van der Waals surface area contributed by atoms with Gasteiger partial charge in [0.1, 0.15) is 10.5 Å². The number of carbonyl (C=O) groups is 3. The number of aryl methyl sites for hydroxylation is 1. The summed E-state index contributed by atoms with van der Waals surface area (Å²) in [6.07, 6.45) is 1.15. The van der Waals surface area contributed by atoms with Crippen LogP contribution < -0.4 is 10.8 Å². The third-order valence-corrected chi connectivity index (χ3v) is 9.83. The highest BCUT2D eigenvalue weighted by molar-refractivity contribution is 7.18. The number of nitrogens with one attached hydrogen (secondary N) is 2. The van der Waals surface area contributed by atoms with Gasteiger partial charge in [0.05, 0.1) is 26.1 Å². The van der Waals surface area contributed by atoms with Crippen LogP contribution in [0.4, 0.5) is 9.93 Å². The fourth-order valence-corrected chi connectivity index (χ4v) is 7.53. The number of benzene rings is 1. The van der Waals surface area contributed by atoms with Crippen molar-refractivity contribution in [3.05, 3.63) is 62.1 Å². The summed E-state index contributed by atoms with van der Waals surface area (Å²) in [5.41, 5.74) is 4.06. The first-order valence-corrected chi connectivity index (χ1v) is 15.9. The van der Waals surface area contributed by atoms with E-state index in [1.807, 2.05) is 63.4 Å². The Morgan fingerprint density at radius 2 is 1.76 bits per heavy atom. The van der Waals surface area contributed by atoms with Crippen LogP contribution in [0.15, 0.2) is 41.8 Å².